The molecule has 1 saturated carbocycles. The van der Waals surface area contributed by atoms with Crippen LogP contribution in [-0.4, -0.2) is 17.7 Å². The van der Waals surface area contributed by atoms with E-state index in [1.165, 1.54) is 12.1 Å². The molecule has 0 radical (unpaired) electrons. The van der Waals surface area contributed by atoms with Gasteiger partial charge in [0, 0.05) is 6.07 Å². The molecule has 1 aliphatic carbocycles. The average Bonchev–Trinajstić information content (AvgIpc) is 3.01. The Labute approximate surface area is 100 Å². The molecule has 3 nitrogen and oxygen atoms in total. The number of hydrogen-bond acceptors (Lipinski definition) is 2. The summed E-state index contributed by atoms with van der Waals surface area (Å²) in [5.74, 6) is -0.906. The molecule has 0 heterocycles. The van der Waals surface area contributed by atoms with Gasteiger partial charge in [-0.15, -0.1) is 0 Å². The number of carbonyl (C=O) groups is 1. The van der Waals surface area contributed by atoms with Crippen molar-refractivity contribution in [3.05, 3.63) is 28.5 Å². The lowest BCUT2D eigenvalue weighted by molar-refractivity contribution is -0.144. The molecule has 1 N–H and O–H groups in total. The van der Waals surface area contributed by atoms with Crippen molar-refractivity contribution in [2.45, 2.75) is 12.8 Å². The second-order valence-electron chi connectivity index (χ2n) is 3.95. The fourth-order valence-corrected chi connectivity index (χ4v) is 1.61. The lowest BCUT2D eigenvalue weighted by Gasteiger charge is -2.11. The van der Waals surface area contributed by atoms with Crippen LogP contribution in [0.3, 0.4) is 0 Å². The SMILES string of the molecule is O=C(O)C1(COc2ccc(Br)c(F)c2)CC1. The number of benzene rings is 1. The van der Waals surface area contributed by atoms with Crippen molar-refractivity contribution in [1.82, 2.24) is 0 Å². The Kier molecular flexibility index (Phi) is 2.88. The maximum atomic E-state index is 13.1. The Morgan fingerprint density at radius 3 is 2.75 bits per heavy atom. The zero-order valence-corrected chi connectivity index (χ0v) is 9.96. The summed E-state index contributed by atoms with van der Waals surface area (Å²) in [5.41, 5.74) is -0.746. The summed E-state index contributed by atoms with van der Waals surface area (Å²) in [6.45, 7) is 0.101. The largest absolute Gasteiger partial charge is 0.492 e. The van der Waals surface area contributed by atoms with E-state index >= 15 is 0 Å². The van der Waals surface area contributed by atoms with E-state index in [1.54, 1.807) is 6.07 Å². The first-order chi connectivity index (χ1) is 7.53. The van der Waals surface area contributed by atoms with E-state index in [9.17, 15) is 9.18 Å². The van der Waals surface area contributed by atoms with Crippen molar-refractivity contribution < 1.29 is 19.0 Å². The van der Waals surface area contributed by atoms with E-state index in [0.29, 0.717) is 23.1 Å². The molecule has 1 aromatic rings. The van der Waals surface area contributed by atoms with Crippen LogP contribution in [0.4, 0.5) is 4.39 Å². The van der Waals surface area contributed by atoms with Gasteiger partial charge in [0.25, 0.3) is 0 Å². The molecule has 16 heavy (non-hydrogen) atoms. The molecule has 86 valence electrons. The summed E-state index contributed by atoms with van der Waals surface area (Å²) < 4.78 is 18.8. The molecule has 0 aromatic heterocycles. The Morgan fingerprint density at radius 2 is 2.25 bits per heavy atom. The molecule has 5 heteroatoms. The highest BCUT2D eigenvalue weighted by molar-refractivity contribution is 9.10. The molecular weight excluding hydrogens is 279 g/mol. The topological polar surface area (TPSA) is 46.5 Å². The van der Waals surface area contributed by atoms with Crippen LogP contribution in [-0.2, 0) is 4.79 Å². The van der Waals surface area contributed by atoms with Crippen molar-refractivity contribution in [3.63, 3.8) is 0 Å². The van der Waals surface area contributed by atoms with Crippen LogP contribution < -0.4 is 4.74 Å². The normalized spacial score (nSPS) is 16.9. The van der Waals surface area contributed by atoms with Crippen molar-refractivity contribution in [2.75, 3.05) is 6.61 Å². The van der Waals surface area contributed by atoms with Gasteiger partial charge in [0.2, 0.25) is 0 Å². The van der Waals surface area contributed by atoms with Gasteiger partial charge in [0.05, 0.1) is 4.47 Å². The molecule has 2 rings (SSSR count). The molecule has 0 spiro atoms. The van der Waals surface area contributed by atoms with Crippen molar-refractivity contribution >= 4 is 21.9 Å². The van der Waals surface area contributed by atoms with Crippen molar-refractivity contribution in [3.8, 4) is 5.75 Å². The monoisotopic (exact) mass is 288 g/mol. The van der Waals surface area contributed by atoms with Crippen molar-refractivity contribution in [2.24, 2.45) is 5.41 Å². The van der Waals surface area contributed by atoms with Gasteiger partial charge in [-0.25, -0.2) is 4.39 Å². The molecule has 1 fully saturated rings. The number of carboxylic acid groups (broad SMARTS) is 1. The Hall–Kier alpha value is -1.10. The van der Waals surface area contributed by atoms with Gasteiger partial charge in [-0.05, 0) is 40.9 Å². The molecular formula is C11H10BrFO3. The average molecular weight is 289 g/mol. The third-order valence-electron chi connectivity index (χ3n) is 2.71. The maximum Gasteiger partial charge on any atom is 0.313 e. The predicted octanol–water partition coefficient (Wildman–Crippen LogP) is 2.83. The molecule has 0 aliphatic heterocycles. The molecule has 0 saturated heterocycles. The van der Waals surface area contributed by atoms with E-state index in [2.05, 4.69) is 15.9 Å². The van der Waals surface area contributed by atoms with Crippen molar-refractivity contribution in [1.29, 1.82) is 0 Å². The fourth-order valence-electron chi connectivity index (χ4n) is 1.36. The molecule has 0 unspecified atom stereocenters. The summed E-state index contributed by atoms with van der Waals surface area (Å²) in [6, 6.07) is 4.37. The Bertz CT molecular complexity index is 429. The summed E-state index contributed by atoms with van der Waals surface area (Å²) in [7, 11) is 0. The summed E-state index contributed by atoms with van der Waals surface area (Å²) in [6.07, 6.45) is 1.25. The van der Waals surface area contributed by atoms with Crippen LogP contribution in [0.1, 0.15) is 12.8 Å². The first kappa shape index (κ1) is 11.4. The second-order valence-corrected chi connectivity index (χ2v) is 4.80. The van der Waals surface area contributed by atoms with Gasteiger partial charge >= 0.3 is 5.97 Å². The standard InChI is InChI=1S/C11H10BrFO3/c12-8-2-1-7(5-9(8)13)16-6-11(3-4-11)10(14)15/h1-2,5H,3-4,6H2,(H,14,15). The third-order valence-corrected chi connectivity index (χ3v) is 3.36. The van der Waals surface area contributed by atoms with E-state index < -0.39 is 17.2 Å². The minimum Gasteiger partial charge on any atom is -0.492 e. The molecule has 0 amide bonds. The Morgan fingerprint density at radius 1 is 1.56 bits per heavy atom. The highest BCUT2D eigenvalue weighted by Crippen LogP contribution is 2.46. The summed E-state index contributed by atoms with van der Waals surface area (Å²) in [4.78, 5) is 10.9. The van der Waals surface area contributed by atoms with E-state index in [1.807, 2.05) is 0 Å². The van der Waals surface area contributed by atoms with Crippen LogP contribution in [0, 0.1) is 11.2 Å². The summed E-state index contributed by atoms with van der Waals surface area (Å²) in [5, 5.41) is 8.92. The molecule has 0 bridgehead atoms. The van der Waals surface area contributed by atoms with E-state index in [-0.39, 0.29) is 6.61 Å². The smallest absolute Gasteiger partial charge is 0.313 e. The second kappa shape index (κ2) is 4.05. The van der Waals surface area contributed by atoms with Crippen LogP contribution in [0.2, 0.25) is 0 Å². The quantitative estimate of drug-likeness (QED) is 0.927. The van der Waals surface area contributed by atoms with Crippen LogP contribution in [0.5, 0.6) is 5.75 Å². The minimum atomic E-state index is -0.843. The van der Waals surface area contributed by atoms with Gasteiger partial charge in [-0.1, -0.05) is 0 Å². The minimum absolute atomic E-state index is 0.101. The zero-order valence-electron chi connectivity index (χ0n) is 8.37. The van der Waals surface area contributed by atoms with Crippen LogP contribution >= 0.6 is 15.9 Å². The van der Waals surface area contributed by atoms with E-state index in [4.69, 9.17) is 9.84 Å². The summed E-state index contributed by atoms with van der Waals surface area (Å²) >= 11 is 3.03. The van der Waals surface area contributed by atoms with Gasteiger partial charge in [0.1, 0.15) is 23.6 Å². The van der Waals surface area contributed by atoms with Gasteiger partial charge in [0.15, 0.2) is 0 Å². The van der Waals surface area contributed by atoms with E-state index in [0.717, 1.165) is 0 Å². The van der Waals surface area contributed by atoms with Crippen LogP contribution in [0.15, 0.2) is 22.7 Å². The first-order valence-electron chi connectivity index (χ1n) is 4.85. The van der Waals surface area contributed by atoms with Gasteiger partial charge in [-0.3, -0.25) is 4.79 Å². The number of carboxylic acids is 1. The lowest BCUT2D eigenvalue weighted by atomic mass is 10.1. The number of hydrogen-bond donors (Lipinski definition) is 1. The molecule has 1 aromatic carbocycles. The predicted molar refractivity (Wildman–Crippen MR) is 58.9 cm³/mol. The molecule has 1 aliphatic rings. The third kappa shape index (κ3) is 2.19. The highest BCUT2D eigenvalue weighted by atomic mass is 79.9. The maximum absolute atomic E-state index is 13.1. The fraction of sp³-hybridized carbons (Fsp3) is 0.364. The number of aliphatic carboxylic acids is 1. The number of rotatable bonds is 4. The van der Waals surface area contributed by atoms with Gasteiger partial charge < -0.3 is 9.84 Å². The zero-order chi connectivity index (χ0) is 11.8. The van der Waals surface area contributed by atoms with Crippen LogP contribution in [0.25, 0.3) is 0 Å². The number of halogens is 2. The first-order valence-corrected chi connectivity index (χ1v) is 5.64. The Balaban J connectivity index is 2.00. The molecule has 0 atom stereocenters. The number of ether oxygens (including phenoxy) is 1. The highest BCUT2D eigenvalue weighted by Gasteiger charge is 2.51. The van der Waals surface area contributed by atoms with Gasteiger partial charge in [-0.2, -0.15) is 0 Å². The lowest BCUT2D eigenvalue weighted by Crippen LogP contribution is -2.22.